The van der Waals surface area contributed by atoms with Gasteiger partial charge < -0.3 is 10.6 Å². The van der Waals surface area contributed by atoms with Crippen LogP contribution >= 0.6 is 11.3 Å². The standard InChI is InChI=1S/C13H22N2O3S2/c1-6-15(5)13-12(20(17,18)7-2)9(14)11(19-13)10(16)8(3)4/h8H,6-7,14H2,1-5H3. The van der Waals surface area contributed by atoms with Gasteiger partial charge in [0.1, 0.15) is 9.90 Å². The van der Waals surface area contributed by atoms with E-state index < -0.39 is 9.84 Å². The third-order valence-electron chi connectivity index (χ3n) is 3.14. The van der Waals surface area contributed by atoms with E-state index in [4.69, 9.17) is 5.73 Å². The van der Waals surface area contributed by atoms with Crippen LogP contribution in [0.15, 0.2) is 4.90 Å². The number of rotatable bonds is 6. The summed E-state index contributed by atoms with van der Waals surface area (Å²) < 4.78 is 24.5. The molecule has 20 heavy (non-hydrogen) atoms. The number of carbonyl (C=O) groups is 1. The van der Waals surface area contributed by atoms with E-state index in [9.17, 15) is 13.2 Å². The van der Waals surface area contributed by atoms with E-state index in [1.54, 1.807) is 32.7 Å². The SMILES string of the molecule is CCN(C)c1sc(C(=O)C(C)C)c(N)c1S(=O)(=O)CC. The van der Waals surface area contributed by atoms with Crippen molar-refractivity contribution in [1.29, 1.82) is 0 Å². The van der Waals surface area contributed by atoms with Crippen molar-refractivity contribution in [1.82, 2.24) is 0 Å². The highest BCUT2D eigenvalue weighted by Gasteiger charge is 2.30. The predicted molar refractivity (Wildman–Crippen MR) is 84.6 cm³/mol. The monoisotopic (exact) mass is 318 g/mol. The molecule has 7 heteroatoms. The van der Waals surface area contributed by atoms with Crippen LogP contribution in [-0.4, -0.2) is 33.5 Å². The first-order valence-electron chi connectivity index (χ1n) is 6.57. The molecule has 1 aromatic heterocycles. The van der Waals surface area contributed by atoms with Gasteiger partial charge in [-0.05, 0) is 6.92 Å². The summed E-state index contributed by atoms with van der Waals surface area (Å²) in [6.07, 6.45) is 0. The van der Waals surface area contributed by atoms with Crippen molar-refractivity contribution in [3.63, 3.8) is 0 Å². The van der Waals surface area contributed by atoms with Gasteiger partial charge in [0.2, 0.25) is 0 Å². The Bertz CT molecular complexity index is 603. The maximum absolute atomic E-state index is 12.3. The van der Waals surface area contributed by atoms with Crippen LogP contribution in [0.25, 0.3) is 0 Å². The molecular weight excluding hydrogens is 296 g/mol. The average molecular weight is 318 g/mol. The minimum atomic E-state index is -3.46. The third kappa shape index (κ3) is 2.98. The molecule has 0 atom stereocenters. The molecular formula is C13H22N2O3S2. The highest BCUT2D eigenvalue weighted by atomic mass is 32.2. The molecule has 0 aliphatic carbocycles. The summed E-state index contributed by atoms with van der Waals surface area (Å²) in [6, 6.07) is 0. The average Bonchev–Trinajstić information content (AvgIpc) is 2.75. The molecule has 0 saturated carbocycles. The summed E-state index contributed by atoms with van der Waals surface area (Å²) in [5.74, 6) is -0.364. The lowest BCUT2D eigenvalue weighted by Crippen LogP contribution is -2.18. The van der Waals surface area contributed by atoms with Crippen molar-refractivity contribution in [2.24, 2.45) is 5.92 Å². The van der Waals surface area contributed by atoms with Gasteiger partial charge in [-0.2, -0.15) is 0 Å². The zero-order valence-corrected chi connectivity index (χ0v) is 14.2. The van der Waals surface area contributed by atoms with Crippen LogP contribution in [0.2, 0.25) is 0 Å². The van der Waals surface area contributed by atoms with Crippen molar-refractivity contribution in [2.45, 2.75) is 32.6 Å². The van der Waals surface area contributed by atoms with Crippen molar-refractivity contribution in [2.75, 3.05) is 30.0 Å². The smallest absolute Gasteiger partial charge is 0.183 e. The Kier molecular flexibility index (Phi) is 5.21. The zero-order valence-electron chi connectivity index (χ0n) is 12.6. The van der Waals surface area contributed by atoms with Crippen LogP contribution in [-0.2, 0) is 9.84 Å². The minimum absolute atomic E-state index is 0.0339. The van der Waals surface area contributed by atoms with Crippen LogP contribution in [0, 0.1) is 5.92 Å². The van der Waals surface area contributed by atoms with E-state index in [1.165, 1.54) is 11.3 Å². The largest absolute Gasteiger partial charge is 0.396 e. The van der Waals surface area contributed by atoms with Crippen molar-refractivity contribution in [3.8, 4) is 0 Å². The van der Waals surface area contributed by atoms with Crippen LogP contribution in [0.5, 0.6) is 0 Å². The van der Waals surface area contributed by atoms with Crippen LogP contribution in [0.3, 0.4) is 0 Å². The fourth-order valence-corrected chi connectivity index (χ4v) is 4.65. The zero-order chi connectivity index (χ0) is 15.7. The maximum atomic E-state index is 12.3. The third-order valence-corrected chi connectivity index (χ3v) is 6.40. The Hall–Kier alpha value is -1.08. The highest BCUT2D eigenvalue weighted by molar-refractivity contribution is 7.92. The molecule has 114 valence electrons. The summed E-state index contributed by atoms with van der Waals surface area (Å²) in [7, 11) is -1.67. The summed E-state index contributed by atoms with van der Waals surface area (Å²) >= 11 is 1.17. The lowest BCUT2D eigenvalue weighted by atomic mass is 10.1. The van der Waals surface area contributed by atoms with Gasteiger partial charge in [0, 0.05) is 19.5 Å². The van der Waals surface area contributed by atoms with E-state index in [-0.39, 0.29) is 28.0 Å². The molecule has 0 unspecified atom stereocenters. The summed E-state index contributed by atoms with van der Waals surface area (Å²) in [6.45, 7) is 7.69. The molecule has 1 heterocycles. The second-order valence-electron chi connectivity index (χ2n) is 4.92. The van der Waals surface area contributed by atoms with E-state index in [2.05, 4.69) is 0 Å². The molecule has 0 spiro atoms. The number of hydrogen-bond acceptors (Lipinski definition) is 6. The number of ketones is 1. The van der Waals surface area contributed by atoms with Crippen LogP contribution in [0.4, 0.5) is 10.7 Å². The number of anilines is 2. The van der Waals surface area contributed by atoms with Gasteiger partial charge in [0.15, 0.2) is 15.6 Å². The van der Waals surface area contributed by atoms with E-state index >= 15 is 0 Å². The summed E-state index contributed by atoms with van der Waals surface area (Å²) in [4.78, 5) is 14.4. The highest BCUT2D eigenvalue weighted by Crippen LogP contribution is 2.42. The molecule has 0 fully saturated rings. The number of hydrogen-bond donors (Lipinski definition) is 1. The Morgan fingerprint density at radius 2 is 1.90 bits per heavy atom. The van der Waals surface area contributed by atoms with E-state index in [0.717, 1.165) is 0 Å². The van der Waals surface area contributed by atoms with Crippen molar-refractivity contribution < 1.29 is 13.2 Å². The number of nitrogens with two attached hydrogens (primary N) is 1. The molecule has 5 nitrogen and oxygen atoms in total. The Morgan fingerprint density at radius 3 is 2.30 bits per heavy atom. The number of nitrogen functional groups attached to an aromatic ring is 1. The van der Waals surface area contributed by atoms with E-state index in [1.807, 2.05) is 6.92 Å². The molecule has 0 radical (unpaired) electrons. The minimum Gasteiger partial charge on any atom is -0.396 e. The predicted octanol–water partition coefficient (Wildman–Crippen LogP) is 2.42. The number of nitrogens with zero attached hydrogens (tertiary/aromatic N) is 1. The summed E-state index contributed by atoms with van der Waals surface area (Å²) in [5, 5.41) is 0.552. The number of Topliss-reactive ketones (excluding diaryl/α,β-unsaturated/α-hetero) is 1. The first-order chi connectivity index (χ1) is 9.17. The normalized spacial score (nSPS) is 11.9. The molecule has 1 aromatic rings. The second kappa shape index (κ2) is 6.13. The fraction of sp³-hybridized carbons (Fsp3) is 0.615. The second-order valence-corrected chi connectivity index (χ2v) is 8.13. The Morgan fingerprint density at radius 1 is 1.35 bits per heavy atom. The van der Waals surface area contributed by atoms with Crippen LogP contribution in [0.1, 0.15) is 37.4 Å². The quantitative estimate of drug-likeness (QED) is 0.815. The van der Waals surface area contributed by atoms with Gasteiger partial charge in [0.05, 0.1) is 16.3 Å². The van der Waals surface area contributed by atoms with Crippen molar-refractivity contribution in [3.05, 3.63) is 4.88 Å². The Balaban J connectivity index is 3.60. The first kappa shape index (κ1) is 17.0. The van der Waals surface area contributed by atoms with Crippen molar-refractivity contribution >= 4 is 37.6 Å². The van der Waals surface area contributed by atoms with Crippen LogP contribution < -0.4 is 10.6 Å². The Labute approximate surface area is 124 Å². The van der Waals surface area contributed by atoms with Gasteiger partial charge in [-0.25, -0.2) is 8.42 Å². The van der Waals surface area contributed by atoms with Gasteiger partial charge in [-0.1, -0.05) is 20.8 Å². The fourth-order valence-electron chi connectivity index (χ4n) is 1.70. The molecule has 0 aliphatic rings. The first-order valence-corrected chi connectivity index (χ1v) is 9.04. The maximum Gasteiger partial charge on any atom is 0.183 e. The lowest BCUT2D eigenvalue weighted by molar-refractivity contribution is 0.0944. The van der Waals surface area contributed by atoms with E-state index in [0.29, 0.717) is 16.4 Å². The number of carbonyl (C=O) groups excluding carboxylic acids is 1. The molecule has 0 aliphatic heterocycles. The van der Waals surface area contributed by atoms with Gasteiger partial charge in [-0.15, -0.1) is 11.3 Å². The molecule has 0 bridgehead atoms. The molecule has 1 rings (SSSR count). The number of sulfone groups is 1. The lowest BCUT2D eigenvalue weighted by Gasteiger charge is -2.16. The summed E-state index contributed by atoms with van der Waals surface area (Å²) in [5.41, 5.74) is 6.08. The number of thiophene rings is 1. The van der Waals surface area contributed by atoms with Gasteiger partial charge in [0.25, 0.3) is 0 Å². The molecule has 0 saturated heterocycles. The molecule has 2 N–H and O–H groups in total. The van der Waals surface area contributed by atoms with Gasteiger partial charge in [-0.3, -0.25) is 4.79 Å². The molecule has 0 aromatic carbocycles. The van der Waals surface area contributed by atoms with Gasteiger partial charge >= 0.3 is 0 Å². The topological polar surface area (TPSA) is 80.5 Å². The molecule has 0 amide bonds.